The minimum Gasteiger partial charge on any atom is -0.495 e. The predicted octanol–water partition coefficient (Wildman–Crippen LogP) is 2.15. The van der Waals surface area contributed by atoms with E-state index in [1.807, 2.05) is 18.2 Å². The number of hydrogen-bond acceptors (Lipinski definition) is 3. The molecule has 0 saturated carbocycles. The van der Waals surface area contributed by atoms with Crippen LogP contribution in [0.1, 0.15) is 6.92 Å². The first kappa shape index (κ1) is 11.6. The van der Waals surface area contributed by atoms with Crippen LogP contribution in [0.4, 0.5) is 5.69 Å². The number of anilines is 1. The molecule has 3 nitrogen and oxygen atoms in total. The van der Waals surface area contributed by atoms with Crippen LogP contribution in [0.25, 0.3) is 0 Å². The van der Waals surface area contributed by atoms with E-state index in [1.54, 1.807) is 7.11 Å². The van der Waals surface area contributed by atoms with E-state index < -0.39 is 0 Å². The standard InChI is InChI=1S/C12H17ClN2O/c1-9-8-15(6-5-14-9)10-3-4-11(13)12(7-10)16-2/h3-4,7,9,14H,5-6,8H2,1-2H3/t9-/m1/s1. The van der Waals surface area contributed by atoms with Crippen molar-refractivity contribution in [3.8, 4) is 5.75 Å². The van der Waals surface area contributed by atoms with Gasteiger partial charge in [0.15, 0.2) is 0 Å². The Morgan fingerprint density at radius 1 is 1.50 bits per heavy atom. The highest BCUT2D eigenvalue weighted by Crippen LogP contribution is 2.29. The highest BCUT2D eigenvalue weighted by molar-refractivity contribution is 6.32. The van der Waals surface area contributed by atoms with Crippen molar-refractivity contribution in [2.45, 2.75) is 13.0 Å². The highest BCUT2D eigenvalue weighted by Gasteiger charge is 2.16. The van der Waals surface area contributed by atoms with Gasteiger partial charge in [0.05, 0.1) is 12.1 Å². The lowest BCUT2D eigenvalue weighted by Gasteiger charge is -2.33. The molecular weight excluding hydrogens is 224 g/mol. The molecule has 1 heterocycles. The van der Waals surface area contributed by atoms with E-state index in [2.05, 4.69) is 17.1 Å². The van der Waals surface area contributed by atoms with Crippen molar-refractivity contribution < 1.29 is 4.74 Å². The zero-order chi connectivity index (χ0) is 11.5. The number of hydrogen-bond donors (Lipinski definition) is 1. The number of ether oxygens (including phenoxy) is 1. The van der Waals surface area contributed by atoms with Gasteiger partial charge in [-0.05, 0) is 19.1 Å². The van der Waals surface area contributed by atoms with E-state index in [1.165, 1.54) is 5.69 Å². The van der Waals surface area contributed by atoms with Crippen LogP contribution in [0.3, 0.4) is 0 Å². The first-order valence-electron chi connectivity index (χ1n) is 5.52. The predicted molar refractivity (Wildman–Crippen MR) is 67.7 cm³/mol. The maximum Gasteiger partial charge on any atom is 0.139 e. The lowest BCUT2D eigenvalue weighted by atomic mass is 10.2. The largest absolute Gasteiger partial charge is 0.495 e. The lowest BCUT2D eigenvalue weighted by Crippen LogP contribution is -2.49. The summed E-state index contributed by atoms with van der Waals surface area (Å²) >= 11 is 6.01. The minimum atomic E-state index is 0.524. The second-order valence-corrected chi connectivity index (χ2v) is 4.53. The van der Waals surface area contributed by atoms with Gasteiger partial charge in [-0.3, -0.25) is 0 Å². The molecule has 0 unspecified atom stereocenters. The normalized spacial score (nSPS) is 20.9. The molecule has 2 rings (SSSR count). The monoisotopic (exact) mass is 240 g/mol. The van der Waals surface area contributed by atoms with Gasteiger partial charge in [-0.25, -0.2) is 0 Å². The van der Waals surface area contributed by atoms with E-state index in [4.69, 9.17) is 16.3 Å². The van der Waals surface area contributed by atoms with Gasteiger partial charge in [-0.2, -0.15) is 0 Å². The van der Waals surface area contributed by atoms with Crippen LogP contribution in [-0.4, -0.2) is 32.8 Å². The summed E-state index contributed by atoms with van der Waals surface area (Å²) in [6.45, 7) is 5.26. The van der Waals surface area contributed by atoms with Crippen LogP contribution in [0.5, 0.6) is 5.75 Å². The number of benzene rings is 1. The van der Waals surface area contributed by atoms with Gasteiger partial charge in [-0.15, -0.1) is 0 Å². The molecule has 1 aliphatic heterocycles. The SMILES string of the molecule is COc1cc(N2CCN[C@H](C)C2)ccc1Cl. The van der Waals surface area contributed by atoms with E-state index >= 15 is 0 Å². The molecule has 16 heavy (non-hydrogen) atoms. The van der Waals surface area contributed by atoms with Crippen LogP contribution >= 0.6 is 11.6 Å². The van der Waals surface area contributed by atoms with Crippen molar-refractivity contribution in [1.82, 2.24) is 5.32 Å². The van der Waals surface area contributed by atoms with Crippen LogP contribution in [0, 0.1) is 0 Å². The lowest BCUT2D eigenvalue weighted by molar-refractivity contribution is 0.414. The van der Waals surface area contributed by atoms with Gasteiger partial charge in [0.1, 0.15) is 5.75 Å². The zero-order valence-electron chi connectivity index (χ0n) is 9.66. The summed E-state index contributed by atoms with van der Waals surface area (Å²) in [5, 5.41) is 4.08. The van der Waals surface area contributed by atoms with Crippen molar-refractivity contribution in [3.05, 3.63) is 23.2 Å². The first-order chi connectivity index (χ1) is 7.70. The molecule has 1 saturated heterocycles. The van der Waals surface area contributed by atoms with E-state index in [0.717, 1.165) is 25.4 Å². The molecule has 1 atom stereocenters. The summed E-state index contributed by atoms with van der Waals surface area (Å²) in [6, 6.07) is 6.46. The molecular formula is C12H17ClN2O. The Hall–Kier alpha value is -0.930. The first-order valence-corrected chi connectivity index (χ1v) is 5.90. The molecule has 1 N–H and O–H groups in total. The third-order valence-electron chi connectivity index (χ3n) is 2.87. The molecule has 0 bridgehead atoms. The van der Waals surface area contributed by atoms with Crippen LogP contribution in [0.15, 0.2) is 18.2 Å². The molecule has 0 aromatic heterocycles. The summed E-state index contributed by atoms with van der Waals surface area (Å²) in [6.07, 6.45) is 0. The Morgan fingerprint density at radius 3 is 3.00 bits per heavy atom. The quantitative estimate of drug-likeness (QED) is 0.857. The second kappa shape index (κ2) is 4.93. The van der Waals surface area contributed by atoms with Crippen LogP contribution in [-0.2, 0) is 0 Å². The van der Waals surface area contributed by atoms with Crippen LogP contribution < -0.4 is 15.0 Å². The number of halogens is 1. The average molecular weight is 241 g/mol. The fourth-order valence-electron chi connectivity index (χ4n) is 2.01. The number of nitrogens with one attached hydrogen (secondary N) is 1. The zero-order valence-corrected chi connectivity index (χ0v) is 10.4. The van der Waals surface area contributed by atoms with Crippen molar-refractivity contribution in [2.24, 2.45) is 0 Å². The summed E-state index contributed by atoms with van der Waals surface area (Å²) in [7, 11) is 1.64. The molecule has 4 heteroatoms. The molecule has 88 valence electrons. The maximum absolute atomic E-state index is 6.01. The van der Waals surface area contributed by atoms with Gasteiger partial charge in [0, 0.05) is 37.4 Å². The van der Waals surface area contributed by atoms with Crippen LogP contribution in [0.2, 0.25) is 5.02 Å². The third kappa shape index (κ3) is 2.42. The van der Waals surface area contributed by atoms with E-state index in [9.17, 15) is 0 Å². The smallest absolute Gasteiger partial charge is 0.139 e. The molecule has 0 radical (unpaired) electrons. The Balaban J connectivity index is 2.19. The van der Waals surface area contributed by atoms with Gasteiger partial charge < -0.3 is 15.0 Å². The molecule has 1 aromatic rings. The Bertz CT molecular complexity index is 370. The number of piperazine rings is 1. The van der Waals surface area contributed by atoms with Crippen molar-refractivity contribution in [2.75, 3.05) is 31.6 Å². The Kier molecular flexibility index (Phi) is 3.56. The summed E-state index contributed by atoms with van der Waals surface area (Å²) in [4.78, 5) is 2.35. The Morgan fingerprint density at radius 2 is 2.31 bits per heavy atom. The van der Waals surface area contributed by atoms with Gasteiger partial charge in [-0.1, -0.05) is 11.6 Å². The minimum absolute atomic E-state index is 0.524. The van der Waals surface area contributed by atoms with Crippen molar-refractivity contribution in [1.29, 1.82) is 0 Å². The topological polar surface area (TPSA) is 24.5 Å². The molecule has 0 amide bonds. The summed E-state index contributed by atoms with van der Waals surface area (Å²) < 4.78 is 5.23. The number of nitrogens with zero attached hydrogens (tertiary/aromatic N) is 1. The van der Waals surface area contributed by atoms with Crippen molar-refractivity contribution >= 4 is 17.3 Å². The summed E-state index contributed by atoms with van der Waals surface area (Å²) in [5.74, 6) is 0.741. The maximum atomic E-state index is 6.01. The van der Waals surface area contributed by atoms with E-state index in [0.29, 0.717) is 11.1 Å². The molecule has 1 aromatic carbocycles. The van der Waals surface area contributed by atoms with E-state index in [-0.39, 0.29) is 0 Å². The van der Waals surface area contributed by atoms with Gasteiger partial charge >= 0.3 is 0 Å². The molecule has 0 aliphatic carbocycles. The van der Waals surface area contributed by atoms with Crippen molar-refractivity contribution in [3.63, 3.8) is 0 Å². The number of rotatable bonds is 2. The molecule has 1 fully saturated rings. The number of methoxy groups -OCH3 is 1. The fourth-order valence-corrected chi connectivity index (χ4v) is 2.21. The highest BCUT2D eigenvalue weighted by atomic mass is 35.5. The van der Waals surface area contributed by atoms with Gasteiger partial charge in [0.2, 0.25) is 0 Å². The fraction of sp³-hybridized carbons (Fsp3) is 0.500. The third-order valence-corrected chi connectivity index (χ3v) is 3.18. The molecule has 1 aliphatic rings. The molecule has 0 spiro atoms. The Labute approximate surface area is 101 Å². The second-order valence-electron chi connectivity index (χ2n) is 4.12. The van der Waals surface area contributed by atoms with Gasteiger partial charge in [0.25, 0.3) is 0 Å². The average Bonchev–Trinajstić information content (AvgIpc) is 2.29. The summed E-state index contributed by atoms with van der Waals surface area (Å²) in [5.41, 5.74) is 1.18.